The van der Waals surface area contributed by atoms with Gasteiger partial charge in [-0.2, -0.15) is 4.98 Å². The van der Waals surface area contributed by atoms with E-state index in [1.807, 2.05) is 6.07 Å². The molecule has 0 saturated carbocycles. The van der Waals surface area contributed by atoms with Crippen LogP contribution in [0, 0.1) is 0 Å². The fourth-order valence-electron chi connectivity index (χ4n) is 2.63. The van der Waals surface area contributed by atoms with Crippen LogP contribution in [0.15, 0.2) is 36.5 Å². The molecule has 0 amide bonds. The largest absolute Gasteiger partial charge is 0.493 e. The van der Waals surface area contributed by atoms with Crippen molar-refractivity contribution in [2.75, 3.05) is 39.5 Å². The van der Waals surface area contributed by atoms with E-state index in [9.17, 15) is 0 Å². The highest BCUT2D eigenvalue weighted by atomic mass is 16.5. The summed E-state index contributed by atoms with van der Waals surface area (Å²) in [5.74, 6) is 2.69. The summed E-state index contributed by atoms with van der Waals surface area (Å²) in [7, 11) is 6.22. The first kappa shape index (κ1) is 19.0. The molecule has 3 N–H and O–H groups in total. The number of nitrogen functional groups attached to an aromatic ring is 1. The molecule has 0 bridgehead atoms. The van der Waals surface area contributed by atoms with E-state index >= 15 is 0 Å². The number of benzene rings is 1. The molecule has 0 atom stereocenters. The van der Waals surface area contributed by atoms with Gasteiger partial charge in [-0.05, 0) is 6.07 Å². The van der Waals surface area contributed by atoms with E-state index in [4.69, 9.17) is 24.7 Å². The molecule has 146 valence electrons. The first-order valence-electron chi connectivity index (χ1n) is 8.30. The Hall–Kier alpha value is -3.75. The minimum absolute atomic E-state index is 0.128. The average molecular weight is 383 g/mol. The van der Waals surface area contributed by atoms with Crippen LogP contribution in [-0.4, -0.2) is 43.4 Å². The van der Waals surface area contributed by atoms with Crippen LogP contribution in [0.25, 0.3) is 11.3 Å². The second-order valence-corrected chi connectivity index (χ2v) is 5.62. The molecule has 9 heteroatoms. The first-order valence-corrected chi connectivity index (χ1v) is 8.30. The summed E-state index contributed by atoms with van der Waals surface area (Å²) in [4.78, 5) is 12.7. The fraction of sp³-hybridized carbons (Fsp3) is 0.211. The third-order valence-electron chi connectivity index (χ3n) is 3.92. The van der Waals surface area contributed by atoms with Crippen molar-refractivity contribution in [1.29, 1.82) is 0 Å². The highest BCUT2D eigenvalue weighted by Crippen LogP contribution is 2.40. The lowest BCUT2D eigenvalue weighted by Crippen LogP contribution is -2.03. The Morgan fingerprint density at radius 3 is 2.11 bits per heavy atom. The second kappa shape index (κ2) is 8.30. The van der Waals surface area contributed by atoms with Crippen molar-refractivity contribution < 1.29 is 18.9 Å². The number of aromatic nitrogens is 3. The predicted octanol–water partition coefficient (Wildman–Crippen LogP) is 2.90. The molecule has 3 aromatic rings. The summed E-state index contributed by atoms with van der Waals surface area (Å²) in [6.45, 7) is 0. The van der Waals surface area contributed by atoms with Gasteiger partial charge in [0.15, 0.2) is 11.5 Å². The molecule has 9 nitrogen and oxygen atoms in total. The average Bonchev–Trinajstić information content (AvgIpc) is 2.72. The van der Waals surface area contributed by atoms with Gasteiger partial charge in [-0.1, -0.05) is 0 Å². The summed E-state index contributed by atoms with van der Waals surface area (Å²) in [5, 5.41) is 3.19. The van der Waals surface area contributed by atoms with Gasteiger partial charge in [-0.15, -0.1) is 0 Å². The number of nitrogens with two attached hydrogens (primary N) is 1. The van der Waals surface area contributed by atoms with E-state index in [0.29, 0.717) is 40.3 Å². The van der Waals surface area contributed by atoms with E-state index < -0.39 is 0 Å². The standard InChI is InChI=1S/C19H21N5O4/c1-25-14-7-12(8-15(26-2)18(14)28-4)22-16-9-13(23-19(20)24-16)11-5-6-17(27-3)21-10-11/h5-10H,1-4H3,(H3,20,22,23,24). The van der Waals surface area contributed by atoms with E-state index in [-0.39, 0.29) is 5.95 Å². The maximum Gasteiger partial charge on any atom is 0.222 e. The Morgan fingerprint density at radius 1 is 0.857 bits per heavy atom. The number of rotatable bonds is 7. The van der Waals surface area contributed by atoms with Gasteiger partial charge in [0.1, 0.15) is 5.82 Å². The van der Waals surface area contributed by atoms with Gasteiger partial charge >= 0.3 is 0 Å². The van der Waals surface area contributed by atoms with Crippen LogP contribution in [0.3, 0.4) is 0 Å². The number of nitrogens with zero attached hydrogens (tertiary/aromatic N) is 3. The fourth-order valence-corrected chi connectivity index (χ4v) is 2.63. The monoisotopic (exact) mass is 383 g/mol. The molecule has 28 heavy (non-hydrogen) atoms. The minimum Gasteiger partial charge on any atom is -0.493 e. The van der Waals surface area contributed by atoms with Crippen molar-refractivity contribution in [2.45, 2.75) is 0 Å². The highest BCUT2D eigenvalue weighted by Gasteiger charge is 2.14. The molecule has 2 heterocycles. The molecule has 0 fully saturated rings. The zero-order valence-electron chi connectivity index (χ0n) is 16.0. The Kier molecular flexibility index (Phi) is 5.64. The van der Waals surface area contributed by atoms with Gasteiger partial charge in [-0.25, -0.2) is 9.97 Å². The lowest BCUT2D eigenvalue weighted by atomic mass is 10.2. The molecular weight excluding hydrogens is 362 g/mol. The molecule has 1 aromatic carbocycles. The van der Waals surface area contributed by atoms with Gasteiger partial charge in [0.25, 0.3) is 0 Å². The van der Waals surface area contributed by atoms with Crippen molar-refractivity contribution in [2.24, 2.45) is 0 Å². The van der Waals surface area contributed by atoms with Gasteiger partial charge in [0.2, 0.25) is 17.6 Å². The number of ether oxygens (including phenoxy) is 4. The molecule has 3 rings (SSSR count). The quantitative estimate of drug-likeness (QED) is 0.635. The summed E-state index contributed by atoms with van der Waals surface area (Å²) in [6, 6.07) is 8.91. The molecule has 0 saturated heterocycles. The highest BCUT2D eigenvalue weighted by molar-refractivity contribution is 5.70. The van der Waals surface area contributed by atoms with Gasteiger partial charge in [0, 0.05) is 41.7 Å². The number of nitrogens with one attached hydrogen (secondary N) is 1. The minimum atomic E-state index is 0.128. The van der Waals surface area contributed by atoms with Crippen LogP contribution in [-0.2, 0) is 0 Å². The smallest absolute Gasteiger partial charge is 0.222 e. The third-order valence-corrected chi connectivity index (χ3v) is 3.92. The second-order valence-electron chi connectivity index (χ2n) is 5.62. The molecule has 0 aliphatic rings. The normalized spacial score (nSPS) is 10.3. The lowest BCUT2D eigenvalue weighted by Gasteiger charge is -2.15. The molecule has 0 unspecified atom stereocenters. The summed E-state index contributed by atoms with van der Waals surface area (Å²) < 4.78 is 21.2. The van der Waals surface area contributed by atoms with Crippen LogP contribution in [0.2, 0.25) is 0 Å². The van der Waals surface area contributed by atoms with Crippen molar-refractivity contribution in [3.8, 4) is 34.4 Å². The molecule has 2 aromatic heterocycles. The maximum absolute atomic E-state index is 5.89. The molecule has 0 aliphatic heterocycles. The number of hydrogen-bond donors (Lipinski definition) is 2. The topological polar surface area (TPSA) is 114 Å². The van der Waals surface area contributed by atoms with Crippen LogP contribution in [0.5, 0.6) is 23.1 Å². The summed E-state index contributed by atoms with van der Waals surface area (Å²) in [5.41, 5.74) is 7.98. The van der Waals surface area contributed by atoms with E-state index in [1.165, 1.54) is 0 Å². The molecule has 0 aliphatic carbocycles. The van der Waals surface area contributed by atoms with E-state index in [2.05, 4.69) is 20.3 Å². The van der Waals surface area contributed by atoms with Crippen LogP contribution >= 0.6 is 0 Å². The van der Waals surface area contributed by atoms with Gasteiger partial charge < -0.3 is 30.0 Å². The number of pyridine rings is 1. The van der Waals surface area contributed by atoms with Gasteiger partial charge in [0.05, 0.1) is 34.1 Å². The number of hydrogen-bond acceptors (Lipinski definition) is 9. The van der Waals surface area contributed by atoms with Crippen LogP contribution < -0.4 is 30.0 Å². The summed E-state index contributed by atoms with van der Waals surface area (Å²) in [6.07, 6.45) is 1.66. The van der Waals surface area contributed by atoms with Crippen molar-refractivity contribution in [3.05, 3.63) is 36.5 Å². The number of anilines is 3. The summed E-state index contributed by atoms with van der Waals surface area (Å²) >= 11 is 0. The maximum atomic E-state index is 5.89. The van der Waals surface area contributed by atoms with E-state index in [0.717, 1.165) is 5.56 Å². The van der Waals surface area contributed by atoms with Crippen LogP contribution in [0.4, 0.5) is 17.5 Å². The molecule has 0 radical (unpaired) electrons. The SMILES string of the molecule is COc1ccc(-c2cc(Nc3cc(OC)c(OC)c(OC)c3)nc(N)n2)cn1. The van der Waals surface area contributed by atoms with Crippen molar-refractivity contribution >= 4 is 17.5 Å². The molecular formula is C19H21N5O4. The predicted molar refractivity (Wildman–Crippen MR) is 106 cm³/mol. The first-order chi connectivity index (χ1) is 13.6. The Labute approximate surface area is 162 Å². The van der Waals surface area contributed by atoms with Crippen LogP contribution in [0.1, 0.15) is 0 Å². The third kappa shape index (κ3) is 3.98. The Bertz CT molecular complexity index is 938. The molecule has 0 spiro atoms. The zero-order valence-corrected chi connectivity index (χ0v) is 16.0. The Balaban J connectivity index is 1.95. The lowest BCUT2D eigenvalue weighted by molar-refractivity contribution is 0.324. The Morgan fingerprint density at radius 2 is 1.57 bits per heavy atom. The van der Waals surface area contributed by atoms with Gasteiger partial charge in [-0.3, -0.25) is 0 Å². The van der Waals surface area contributed by atoms with Crippen molar-refractivity contribution in [1.82, 2.24) is 15.0 Å². The van der Waals surface area contributed by atoms with Crippen molar-refractivity contribution in [3.63, 3.8) is 0 Å². The van der Waals surface area contributed by atoms with E-state index in [1.54, 1.807) is 58.9 Å². The zero-order chi connectivity index (χ0) is 20.1. The number of methoxy groups -OCH3 is 4.